The van der Waals surface area contributed by atoms with Crippen molar-refractivity contribution in [2.45, 2.75) is 30.7 Å². The first-order valence-corrected chi connectivity index (χ1v) is 5.82. The Balaban J connectivity index is 2.51. The van der Waals surface area contributed by atoms with Crippen molar-refractivity contribution in [2.75, 3.05) is 6.61 Å². The normalized spacial score (nSPS) is 38.6. The summed E-state index contributed by atoms with van der Waals surface area (Å²) in [4.78, 5) is 13.3. The maximum atomic E-state index is 14.1. The molecule has 0 aromatic carbocycles. The van der Waals surface area contributed by atoms with Crippen molar-refractivity contribution < 1.29 is 24.4 Å². The molecule has 19 heavy (non-hydrogen) atoms. The van der Waals surface area contributed by atoms with Crippen molar-refractivity contribution in [2.24, 2.45) is 0 Å². The van der Waals surface area contributed by atoms with Crippen LogP contribution in [0.5, 0.6) is 0 Å². The van der Waals surface area contributed by atoms with Crippen molar-refractivity contribution in [1.82, 2.24) is 9.55 Å². The smallest absolute Gasteiger partial charge is 0.263 e. The first-order chi connectivity index (χ1) is 8.72. The first-order valence-electron chi connectivity index (χ1n) is 5.42. The van der Waals surface area contributed by atoms with Gasteiger partial charge in [0, 0.05) is 12.3 Å². The van der Waals surface area contributed by atoms with Crippen molar-refractivity contribution >= 4 is 12.2 Å². The van der Waals surface area contributed by atoms with Gasteiger partial charge in [-0.1, -0.05) is 0 Å². The van der Waals surface area contributed by atoms with E-state index in [1.54, 1.807) is 0 Å². The predicted octanol–water partition coefficient (Wildman–Crippen LogP) is -0.795. The van der Waals surface area contributed by atoms with E-state index in [9.17, 15) is 19.4 Å². The molecule has 1 aliphatic heterocycles. The van der Waals surface area contributed by atoms with Crippen molar-refractivity contribution in [1.29, 1.82) is 0 Å². The molecule has 0 saturated carbocycles. The second kappa shape index (κ2) is 4.46. The minimum atomic E-state index is -2.81. The molecule has 2 heterocycles. The third kappa shape index (κ3) is 2.13. The van der Waals surface area contributed by atoms with Crippen LogP contribution >= 0.6 is 12.2 Å². The molecular formula is C10H13FN2O5S. The number of hydrogen-bond acceptors (Lipinski definition) is 6. The molecule has 1 aromatic heterocycles. The average molecular weight is 292 g/mol. The van der Waals surface area contributed by atoms with E-state index in [2.05, 4.69) is 4.98 Å². The van der Waals surface area contributed by atoms with Crippen LogP contribution in [0.1, 0.15) is 13.2 Å². The van der Waals surface area contributed by atoms with Crippen LogP contribution in [-0.2, 0) is 4.74 Å². The highest BCUT2D eigenvalue weighted by Crippen LogP contribution is 2.44. The summed E-state index contributed by atoms with van der Waals surface area (Å²) in [5.41, 5.74) is -2.50. The Morgan fingerprint density at radius 1 is 1.68 bits per heavy atom. The van der Waals surface area contributed by atoms with E-state index in [4.69, 9.17) is 22.1 Å². The van der Waals surface area contributed by atoms with Gasteiger partial charge in [-0.05, 0) is 19.1 Å². The van der Waals surface area contributed by atoms with Gasteiger partial charge < -0.3 is 20.1 Å². The van der Waals surface area contributed by atoms with Gasteiger partial charge in [-0.3, -0.25) is 14.3 Å². The lowest BCUT2D eigenvalue weighted by molar-refractivity contribution is -0.207. The molecule has 0 radical (unpaired) electrons. The molecule has 0 spiro atoms. The summed E-state index contributed by atoms with van der Waals surface area (Å²) >= 11 is 4.88. The molecule has 4 N–H and O–H groups in total. The first kappa shape index (κ1) is 14.3. The highest BCUT2D eigenvalue weighted by atomic mass is 32.1. The Hall–Kier alpha value is -1.13. The maximum absolute atomic E-state index is 14.1. The lowest BCUT2D eigenvalue weighted by Gasteiger charge is -2.27. The molecule has 7 nitrogen and oxygen atoms in total. The van der Waals surface area contributed by atoms with E-state index in [1.807, 2.05) is 0 Å². The van der Waals surface area contributed by atoms with E-state index >= 15 is 0 Å². The summed E-state index contributed by atoms with van der Waals surface area (Å²) in [7, 11) is 0. The van der Waals surface area contributed by atoms with Crippen molar-refractivity contribution in [3.05, 3.63) is 27.4 Å². The molecule has 0 aliphatic carbocycles. The molecule has 4 atom stereocenters. The molecule has 1 saturated heterocycles. The average Bonchev–Trinajstić information content (AvgIpc) is 2.51. The summed E-state index contributed by atoms with van der Waals surface area (Å²) in [6, 6.07) is 1.11. The van der Waals surface area contributed by atoms with Gasteiger partial charge in [0.2, 0.25) is 0 Å². The van der Waals surface area contributed by atoms with Crippen LogP contribution < -0.4 is 5.56 Å². The zero-order chi connectivity index (χ0) is 14.4. The SMILES string of the molecule is C[C@@]1(O)C(O)[C@@](F)(CO)O[C@H]1n1ccc(=O)[nH]c1=S. The number of aromatic nitrogens is 2. The number of hydrogen-bond donors (Lipinski definition) is 4. The fourth-order valence-electron chi connectivity index (χ4n) is 2.01. The Kier molecular flexibility index (Phi) is 3.35. The molecule has 1 aromatic rings. The molecule has 1 unspecified atom stereocenters. The van der Waals surface area contributed by atoms with Gasteiger partial charge in [0.25, 0.3) is 11.4 Å². The molecule has 1 fully saturated rings. The molecule has 106 valence electrons. The monoisotopic (exact) mass is 292 g/mol. The molecule has 0 bridgehead atoms. The van der Waals surface area contributed by atoms with Gasteiger partial charge in [-0.25, -0.2) is 4.39 Å². The third-order valence-corrected chi connectivity index (χ3v) is 3.40. The standard InChI is InChI=1S/C10H13FN2O5S/c1-9(17)6(16)10(11,4-14)18-7(9)13-3-2-5(15)12-8(13)19/h2-3,6-7,14,16-17H,4H2,1H3,(H,12,15,19)/t6?,7-,9-,10-/m1/s1. The number of nitrogens with one attached hydrogen (secondary N) is 1. The van der Waals surface area contributed by atoms with E-state index < -0.39 is 36.0 Å². The van der Waals surface area contributed by atoms with Crippen LogP contribution in [0.2, 0.25) is 0 Å². The quantitative estimate of drug-likeness (QED) is 0.532. The number of rotatable bonds is 2. The van der Waals surface area contributed by atoms with Gasteiger partial charge in [-0.2, -0.15) is 0 Å². The Morgan fingerprint density at radius 2 is 2.32 bits per heavy atom. The van der Waals surface area contributed by atoms with Crippen LogP contribution in [-0.4, -0.2) is 49.0 Å². The van der Waals surface area contributed by atoms with Gasteiger partial charge >= 0.3 is 0 Å². The maximum Gasteiger partial charge on any atom is 0.263 e. The molecule has 1 aliphatic rings. The molecule has 2 rings (SSSR count). The highest BCUT2D eigenvalue weighted by molar-refractivity contribution is 7.71. The number of aromatic amines is 1. The van der Waals surface area contributed by atoms with Crippen LogP contribution in [0, 0.1) is 4.77 Å². The number of ether oxygens (including phenoxy) is 1. The van der Waals surface area contributed by atoms with E-state index in [-0.39, 0.29) is 4.77 Å². The second-order valence-corrected chi connectivity index (χ2v) is 4.95. The summed E-state index contributed by atoms with van der Waals surface area (Å²) in [6.07, 6.45) is -2.15. The summed E-state index contributed by atoms with van der Waals surface area (Å²) in [5.74, 6) is -2.81. The number of H-pyrrole nitrogens is 1. The third-order valence-electron chi connectivity index (χ3n) is 3.09. The second-order valence-electron chi connectivity index (χ2n) is 4.56. The van der Waals surface area contributed by atoms with Gasteiger partial charge in [0.1, 0.15) is 18.3 Å². The fourth-order valence-corrected chi connectivity index (χ4v) is 2.27. The predicted molar refractivity (Wildman–Crippen MR) is 63.6 cm³/mol. The largest absolute Gasteiger partial charge is 0.390 e. The zero-order valence-corrected chi connectivity index (χ0v) is 10.7. The fraction of sp³-hybridized carbons (Fsp3) is 0.600. The minimum absolute atomic E-state index is 0.104. The van der Waals surface area contributed by atoms with Crippen LogP contribution in [0.3, 0.4) is 0 Å². The number of aliphatic hydroxyl groups excluding tert-OH is 2. The Labute approximate surface area is 111 Å². The molecule has 9 heteroatoms. The van der Waals surface area contributed by atoms with Crippen LogP contribution in [0.25, 0.3) is 0 Å². The van der Waals surface area contributed by atoms with Gasteiger partial charge in [0.05, 0.1) is 0 Å². The van der Waals surface area contributed by atoms with Crippen LogP contribution in [0.15, 0.2) is 17.1 Å². The Bertz CT molecular complexity index is 600. The molecular weight excluding hydrogens is 279 g/mol. The highest BCUT2D eigenvalue weighted by Gasteiger charge is 2.62. The lowest BCUT2D eigenvalue weighted by Crippen LogP contribution is -2.48. The number of nitrogens with zero attached hydrogens (tertiary/aromatic N) is 1. The number of aliphatic hydroxyl groups is 3. The number of halogens is 1. The topological polar surface area (TPSA) is 108 Å². The zero-order valence-electron chi connectivity index (χ0n) is 9.91. The van der Waals surface area contributed by atoms with Gasteiger partial charge in [0.15, 0.2) is 11.0 Å². The van der Waals surface area contributed by atoms with E-state index in [0.717, 1.165) is 17.6 Å². The van der Waals surface area contributed by atoms with Gasteiger partial charge in [-0.15, -0.1) is 0 Å². The van der Waals surface area contributed by atoms with Crippen molar-refractivity contribution in [3.8, 4) is 0 Å². The van der Waals surface area contributed by atoms with Crippen molar-refractivity contribution in [3.63, 3.8) is 0 Å². The molecule has 0 amide bonds. The van der Waals surface area contributed by atoms with E-state index in [0.29, 0.717) is 0 Å². The lowest BCUT2D eigenvalue weighted by atomic mass is 9.95. The minimum Gasteiger partial charge on any atom is -0.390 e. The summed E-state index contributed by atoms with van der Waals surface area (Å²) in [5, 5.41) is 28.8. The number of alkyl halides is 1. The summed E-state index contributed by atoms with van der Waals surface area (Å²) < 4.78 is 20.0. The Morgan fingerprint density at radius 3 is 2.79 bits per heavy atom. The van der Waals surface area contributed by atoms with Crippen LogP contribution in [0.4, 0.5) is 4.39 Å². The van der Waals surface area contributed by atoms with E-state index in [1.165, 1.54) is 6.20 Å². The summed E-state index contributed by atoms with van der Waals surface area (Å²) in [6.45, 7) is 0.0176.